The van der Waals surface area contributed by atoms with Crippen LogP contribution in [0.15, 0.2) is 18.2 Å². The van der Waals surface area contributed by atoms with Gasteiger partial charge < -0.3 is 5.73 Å². The van der Waals surface area contributed by atoms with Crippen molar-refractivity contribution < 1.29 is 8.78 Å². The van der Waals surface area contributed by atoms with E-state index in [1.165, 1.54) is 6.07 Å². The molecular formula is C15H18ClF2N3. The summed E-state index contributed by atoms with van der Waals surface area (Å²) in [6, 6.07) is 3.76. The molecule has 1 aromatic heterocycles. The van der Waals surface area contributed by atoms with Crippen molar-refractivity contribution >= 4 is 11.6 Å². The molecule has 0 bridgehead atoms. The predicted molar refractivity (Wildman–Crippen MR) is 79.4 cm³/mol. The largest absolute Gasteiger partial charge is 0.327 e. The minimum absolute atomic E-state index is 0.244. The zero-order valence-electron chi connectivity index (χ0n) is 12.0. The molecule has 114 valence electrons. The van der Waals surface area contributed by atoms with Gasteiger partial charge in [-0.3, -0.25) is 4.68 Å². The molecule has 0 aliphatic heterocycles. The van der Waals surface area contributed by atoms with Gasteiger partial charge in [-0.25, -0.2) is 8.78 Å². The minimum atomic E-state index is -0.854. The summed E-state index contributed by atoms with van der Waals surface area (Å²) in [6.45, 7) is 4.48. The first-order valence-corrected chi connectivity index (χ1v) is 7.22. The van der Waals surface area contributed by atoms with Crippen LogP contribution in [0, 0.1) is 18.6 Å². The average Bonchev–Trinajstić information content (AvgIpc) is 2.71. The van der Waals surface area contributed by atoms with Crippen molar-refractivity contribution in [2.75, 3.05) is 0 Å². The van der Waals surface area contributed by atoms with Gasteiger partial charge in [0, 0.05) is 19.0 Å². The SMILES string of the molecule is CCn1nc(C)c(Cl)c1CC(N)Cc1cccc(F)c1F. The highest BCUT2D eigenvalue weighted by Gasteiger charge is 2.17. The van der Waals surface area contributed by atoms with E-state index in [-0.39, 0.29) is 18.0 Å². The Kier molecular flexibility index (Phi) is 4.96. The van der Waals surface area contributed by atoms with Gasteiger partial charge >= 0.3 is 0 Å². The van der Waals surface area contributed by atoms with Crippen LogP contribution in [0.1, 0.15) is 23.9 Å². The Bertz CT molecular complexity index is 640. The van der Waals surface area contributed by atoms with E-state index in [1.807, 2.05) is 13.8 Å². The van der Waals surface area contributed by atoms with Gasteiger partial charge in [0.25, 0.3) is 0 Å². The highest BCUT2D eigenvalue weighted by Crippen LogP contribution is 2.22. The van der Waals surface area contributed by atoms with Gasteiger partial charge in [-0.05, 0) is 31.9 Å². The lowest BCUT2D eigenvalue weighted by Gasteiger charge is -2.14. The van der Waals surface area contributed by atoms with Crippen molar-refractivity contribution in [3.8, 4) is 0 Å². The van der Waals surface area contributed by atoms with Crippen LogP contribution in [0.2, 0.25) is 5.02 Å². The summed E-state index contributed by atoms with van der Waals surface area (Å²) in [5, 5.41) is 4.91. The second kappa shape index (κ2) is 6.54. The van der Waals surface area contributed by atoms with Gasteiger partial charge in [-0.15, -0.1) is 0 Å². The van der Waals surface area contributed by atoms with Gasteiger partial charge in [-0.1, -0.05) is 23.7 Å². The van der Waals surface area contributed by atoms with Crippen LogP contribution in [0.4, 0.5) is 8.78 Å². The fourth-order valence-electron chi connectivity index (χ4n) is 2.37. The average molecular weight is 314 g/mol. The number of aromatic nitrogens is 2. The van der Waals surface area contributed by atoms with E-state index in [2.05, 4.69) is 5.10 Å². The Morgan fingerprint density at radius 3 is 2.71 bits per heavy atom. The van der Waals surface area contributed by atoms with Crippen molar-refractivity contribution in [3.63, 3.8) is 0 Å². The molecule has 1 atom stereocenters. The van der Waals surface area contributed by atoms with E-state index in [1.54, 1.807) is 10.7 Å². The lowest BCUT2D eigenvalue weighted by molar-refractivity contribution is 0.490. The van der Waals surface area contributed by atoms with Gasteiger partial charge in [0.1, 0.15) is 0 Å². The molecular weight excluding hydrogens is 296 g/mol. The van der Waals surface area contributed by atoms with Crippen LogP contribution in [0.25, 0.3) is 0 Å². The van der Waals surface area contributed by atoms with Crippen LogP contribution in [-0.2, 0) is 19.4 Å². The molecule has 0 radical (unpaired) electrons. The van der Waals surface area contributed by atoms with Crippen molar-refractivity contribution in [2.45, 2.75) is 39.3 Å². The normalized spacial score (nSPS) is 12.7. The van der Waals surface area contributed by atoms with Crippen LogP contribution in [0.3, 0.4) is 0 Å². The molecule has 0 spiro atoms. The molecule has 21 heavy (non-hydrogen) atoms. The number of nitrogens with two attached hydrogens (primary N) is 1. The molecule has 0 aliphatic rings. The highest BCUT2D eigenvalue weighted by atomic mass is 35.5. The Labute approximate surface area is 127 Å². The molecule has 0 amide bonds. The van der Waals surface area contributed by atoms with Crippen molar-refractivity contribution in [1.29, 1.82) is 0 Å². The first kappa shape index (κ1) is 15.9. The summed E-state index contributed by atoms with van der Waals surface area (Å²) in [7, 11) is 0. The number of hydrogen-bond donors (Lipinski definition) is 1. The number of hydrogen-bond acceptors (Lipinski definition) is 2. The molecule has 0 saturated carbocycles. The third kappa shape index (κ3) is 3.41. The minimum Gasteiger partial charge on any atom is -0.327 e. The quantitative estimate of drug-likeness (QED) is 0.921. The molecule has 3 nitrogen and oxygen atoms in total. The van der Waals surface area contributed by atoms with E-state index in [9.17, 15) is 8.78 Å². The summed E-state index contributed by atoms with van der Waals surface area (Å²) in [5.41, 5.74) is 7.93. The maximum atomic E-state index is 13.7. The summed E-state index contributed by atoms with van der Waals surface area (Å²) in [4.78, 5) is 0. The van der Waals surface area contributed by atoms with Crippen molar-refractivity contribution in [3.05, 3.63) is 51.8 Å². The van der Waals surface area contributed by atoms with E-state index < -0.39 is 11.6 Å². The summed E-state index contributed by atoms with van der Waals surface area (Å²) in [6.07, 6.45) is 0.706. The Balaban J connectivity index is 2.15. The lowest BCUT2D eigenvalue weighted by Crippen LogP contribution is -2.27. The third-order valence-electron chi connectivity index (χ3n) is 3.42. The zero-order chi connectivity index (χ0) is 15.6. The van der Waals surface area contributed by atoms with Crippen molar-refractivity contribution in [1.82, 2.24) is 9.78 Å². The molecule has 1 heterocycles. The molecule has 2 N–H and O–H groups in total. The van der Waals surface area contributed by atoms with Crippen LogP contribution < -0.4 is 5.73 Å². The maximum absolute atomic E-state index is 13.7. The molecule has 6 heteroatoms. The van der Waals surface area contributed by atoms with Crippen LogP contribution in [-0.4, -0.2) is 15.8 Å². The Morgan fingerprint density at radius 1 is 1.33 bits per heavy atom. The van der Waals surface area contributed by atoms with Crippen LogP contribution >= 0.6 is 11.6 Å². The molecule has 0 saturated heterocycles. The molecule has 0 fully saturated rings. The Hall–Kier alpha value is -1.46. The lowest BCUT2D eigenvalue weighted by atomic mass is 10.0. The summed E-state index contributed by atoms with van der Waals surface area (Å²) < 4.78 is 28.6. The smallest absolute Gasteiger partial charge is 0.162 e. The number of halogens is 3. The number of rotatable bonds is 5. The molecule has 0 aliphatic carbocycles. The molecule has 1 unspecified atom stereocenters. The van der Waals surface area contributed by atoms with Gasteiger partial charge in [0.2, 0.25) is 0 Å². The van der Waals surface area contributed by atoms with E-state index >= 15 is 0 Å². The first-order chi connectivity index (χ1) is 9.93. The van der Waals surface area contributed by atoms with Gasteiger partial charge in [0.15, 0.2) is 11.6 Å². The fourth-order valence-corrected chi connectivity index (χ4v) is 2.59. The third-order valence-corrected chi connectivity index (χ3v) is 3.91. The van der Waals surface area contributed by atoms with E-state index in [4.69, 9.17) is 17.3 Å². The Morgan fingerprint density at radius 2 is 2.05 bits per heavy atom. The molecule has 2 rings (SSSR count). The van der Waals surface area contributed by atoms with Gasteiger partial charge in [-0.2, -0.15) is 5.10 Å². The maximum Gasteiger partial charge on any atom is 0.162 e. The predicted octanol–water partition coefficient (Wildman–Crippen LogP) is 3.26. The number of nitrogens with zero attached hydrogens (tertiary/aromatic N) is 2. The first-order valence-electron chi connectivity index (χ1n) is 6.84. The second-order valence-corrected chi connectivity index (χ2v) is 5.42. The number of aryl methyl sites for hydroxylation is 2. The van der Waals surface area contributed by atoms with E-state index in [0.717, 1.165) is 17.5 Å². The second-order valence-electron chi connectivity index (χ2n) is 5.04. The fraction of sp³-hybridized carbons (Fsp3) is 0.400. The van der Waals surface area contributed by atoms with Crippen LogP contribution in [0.5, 0.6) is 0 Å². The molecule has 1 aromatic carbocycles. The number of benzene rings is 1. The standard InChI is InChI=1S/C15H18ClF2N3/c1-3-21-13(14(16)9(2)20-21)8-11(19)7-10-5-4-6-12(17)15(10)18/h4-6,11H,3,7-8,19H2,1-2H3. The monoisotopic (exact) mass is 313 g/mol. The molecule has 2 aromatic rings. The summed E-state index contributed by atoms with van der Waals surface area (Å²) >= 11 is 6.22. The van der Waals surface area contributed by atoms with Crippen molar-refractivity contribution in [2.24, 2.45) is 5.73 Å². The zero-order valence-corrected chi connectivity index (χ0v) is 12.8. The highest BCUT2D eigenvalue weighted by molar-refractivity contribution is 6.31. The van der Waals surface area contributed by atoms with E-state index in [0.29, 0.717) is 18.0 Å². The summed E-state index contributed by atoms with van der Waals surface area (Å²) in [5.74, 6) is -1.69. The topological polar surface area (TPSA) is 43.8 Å². The van der Waals surface area contributed by atoms with Gasteiger partial charge in [0.05, 0.1) is 16.4 Å².